The summed E-state index contributed by atoms with van der Waals surface area (Å²) in [6, 6.07) is 7.21. The first-order valence-corrected chi connectivity index (χ1v) is 6.05. The molecule has 1 aromatic heterocycles. The van der Waals surface area contributed by atoms with E-state index in [-0.39, 0.29) is 23.2 Å². The van der Waals surface area contributed by atoms with E-state index < -0.39 is 0 Å². The van der Waals surface area contributed by atoms with Gasteiger partial charge in [0.05, 0.1) is 5.02 Å². The number of amides is 1. The number of benzene rings is 1. The Kier molecular flexibility index (Phi) is 4.43. The van der Waals surface area contributed by atoms with Gasteiger partial charge in [-0.3, -0.25) is 4.79 Å². The lowest BCUT2D eigenvalue weighted by Crippen LogP contribution is -2.14. The fraction of sp³-hybridized carbons (Fsp3) is 0.154. The van der Waals surface area contributed by atoms with Crippen LogP contribution < -0.4 is 5.32 Å². The molecule has 6 heteroatoms. The molecule has 0 fully saturated rings. The smallest absolute Gasteiger partial charge is 0.275 e. The largest absolute Gasteiger partial charge is 0.396 e. The third-order valence-electron chi connectivity index (χ3n) is 2.49. The minimum Gasteiger partial charge on any atom is -0.396 e. The summed E-state index contributed by atoms with van der Waals surface area (Å²) in [7, 11) is 0. The first-order chi connectivity index (χ1) is 9.20. The van der Waals surface area contributed by atoms with E-state index in [1.807, 2.05) is 12.1 Å². The number of carbonyl (C=O) groups is 1. The molecule has 5 nitrogen and oxygen atoms in total. The lowest BCUT2D eigenvalue weighted by Gasteiger charge is -2.06. The zero-order chi connectivity index (χ0) is 13.7. The molecule has 2 aromatic rings. The van der Waals surface area contributed by atoms with Gasteiger partial charge in [-0.15, -0.1) is 0 Å². The van der Waals surface area contributed by atoms with E-state index in [4.69, 9.17) is 16.7 Å². The van der Waals surface area contributed by atoms with Crippen molar-refractivity contribution in [3.05, 3.63) is 53.1 Å². The highest BCUT2D eigenvalue weighted by atomic mass is 35.5. The number of carbonyl (C=O) groups excluding carboxylic acids is 1. The van der Waals surface area contributed by atoms with Crippen LogP contribution in [-0.2, 0) is 6.42 Å². The van der Waals surface area contributed by atoms with E-state index in [0.29, 0.717) is 12.1 Å². The SMILES string of the molecule is O=C(Nc1ccc(CCO)cc1)c1ncncc1Cl. The Balaban J connectivity index is 2.09. The monoisotopic (exact) mass is 277 g/mol. The molecule has 0 saturated carbocycles. The molecular weight excluding hydrogens is 266 g/mol. The summed E-state index contributed by atoms with van der Waals surface area (Å²) in [6.07, 6.45) is 3.23. The van der Waals surface area contributed by atoms with Gasteiger partial charge in [0.1, 0.15) is 12.0 Å². The van der Waals surface area contributed by atoms with E-state index in [2.05, 4.69) is 15.3 Å². The lowest BCUT2D eigenvalue weighted by molar-refractivity contribution is 0.102. The van der Waals surface area contributed by atoms with Crippen LogP contribution in [-0.4, -0.2) is 27.6 Å². The summed E-state index contributed by atoms with van der Waals surface area (Å²) in [4.78, 5) is 19.5. The normalized spacial score (nSPS) is 10.2. The molecule has 0 aliphatic rings. The van der Waals surface area contributed by atoms with E-state index >= 15 is 0 Å². The minimum absolute atomic E-state index is 0.0995. The van der Waals surface area contributed by atoms with Crippen molar-refractivity contribution in [3.63, 3.8) is 0 Å². The van der Waals surface area contributed by atoms with Gasteiger partial charge < -0.3 is 10.4 Å². The predicted octanol–water partition coefficient (Wildman–Crippen LogP) is 1.92. The summed E-state index contributed by atoms with van der Waals surface area (Å²) >= 11 is 5.84. The van der Waals surface area contributed by atoms with E-state index in [1.54, 1.807) is 12.1 Å². The summed E-state index contributed by atoms with van der Waals surface area (Å²) < 4.78 is 0. The van der Waals surface area contributed by atoms with Gasteiger partial charge >= 0.3 is 0 Å². The van der Waals surface area contributed by atoms with Crippen LogP contribution in [0.15, 0.2) is 36.8 Å². The molecule has 0 radical (unpaired) electrons. The Hall–Kier alpha value is -1.98. The molecule has 0 saturated heterocycles. The molecule has 0 bridgehead atoms. The second-order valence-electron chi connectivity index (χ2n) is 3.84. The quantitative estimate of drug-likeness (QED) is 0.895. The number of anilines is 1. The molecule has 1 amide bonds. The van der Waals surface area contributed by atoms with Crippen molar-refractivity contribution < 1.29 is 9.90 Å². The Labute approximate surface area is 115 Å². The molecule has 0 atom stereocenters. The van der Waals surface area contributed by atoms with Crippen molar-refractivity contribution in [1.82, 2.24) is 9.97 Å². The number of rotatable bonds is 4. The van der Waals surface area contributed by atoms with Crippen LogP contribution >= 0.6 is 11.6 Å². The topological polar surface area (TPSA) is 75.1 Å². The second-order valence-corrected chi connectivity index (χ2v) is 4.25. The zero-order valence-electron chi connectivity index (χ0n) is 10.0. The molecule has 0 spiro atoms. The number of aliphatic hydroxyl groups excluding tert-OH is 1. The van der Waals surface area contributed by atoms with Gasteiger partial charge in [0.25, 0.3) is 5.91 Å². The second kappa shape index (κ2) is 6.26. The number of hydrogen-bond acceptors (Lipinski definition) is 4. The molecule has 98 valence electrons. The van der Waals surface area contributed by atoms with E-state index in [0.717, 1.165) is 5.56 Å². The van der Waals surface area contributed by atoms with Crippen LogP contribution in [0.3, 0.4) is 0 Å². The number of hydrogen-bond donors (Lipinski definition) is 2. The van der Waals surface area contributed by atoms with Gasteiger partial charge in [-0.1, -0.05) is 23.7 Å². The maximum Gasteiger partial charge on any atom is 0.275 e. The Morgan fingerprint density at radius 2 is 2.05 bits per heavy atom. The van der Waals surface area contributed by atoms with Gasteiger partial charge in [0.2, 0.25) is 0 Å². The number of aliphatic hydroxyl groups is 1. The van der Waals surface area contributed by atoms with Gasteiger partial charge in [-0.25, -0.2) is 9.97 Å². The Morgan fingerprint density at radius 1 is 1.32 bits per heavy atom. The molecule has 2 N–H and O–H groups in total. The first-order valence-electron chi connectivity index (χ1n) is 5.67. The van der Waals surface area contributed by atoms with Crippen LogP contribution in [0.25, 0.3) is 0 Å². The molecule has 2 rings (SSSR count). The van der Waals surface area contributed by atoms with Crippen LogP contribution in [0.2, 0.25) is 5.02 Å². The van der Waals surface area contributed by atoms with Crippen LogP contribution in [0.5, 0.6) is 0 Å². The van der Waals surface area contributed by atoms with Gasteiger partial charge in [0.15, 0.2) is 0 Å². The zero-order valence-corrected chi connectivity index (χ0v) is 10.8. The lowest BCUT2D eigenvalue weighted by atomic mass is 10.1. The summed E-state index contributed by atoms with van der Waals surface area (Å²) in [5, 5.41) is 11.7. The Morgan fingerprint density at radius 3 is 2.68 bits per heavy atom. The van der Waals surface area contributed by atoms with E-state index in [9.17, 15) is 4.79 Å². The Bertz CT molecular complexity index is 572. The molecule has 0 aliphatic heterocycles. The third kappa shape index (κ3) is 3.49. The predicted molar refractivity (Wildman–Crippen MR) is 72.2 cm³/mol. The summed E-state index contributed by atoms with van der Waals surface area (Å²) in [5.41, 5.74) is 1.78. The van der Waals surface area contributed by atoms with Gasteiger partial charge in [-0.2, -0.15) is 0 Å². The summed E-state index contributed by atoms with van der Waals surface area (Å²) in [5.74, 6) is -0.387. The van der Waals surface area contributed by atoms with Crippen LogP contribution in [0.4, 0.5) is 5.69 Å². The van der Waals surface area contributed by atoms with Crippen LogP contribution in [0, 0.1) is 0 Å². The van der Waals surface area contributed by atoms with Crippen molar-refractivity contribution in [2.75, 3.05) is 11.9 Å². The van der Waals surface area contributed by atoms with E-state index in [1.165, 1.54) is 12.5 Å². The number of nitrogens with zero attached hydrogens (tertiary/aromatic N) is 2. The highest BCUT2D eigenvalue weighted by Gasteiger charge is 2.11. The number of nitrogens with one attached hydrogen (secondary N) is 1. The molecular formula is C13H12ClN3O2. The van der Waals surface area contributed by atoms with Crippen molar-refractivity contribution in [1.29, 1.82) is 0 Å². The van der Waals surface area contributed by atoms with Crippen molar-refractivity contribution >= 4 is 23.2 Å². The van der Waals surface area contributed by atoms with Crippen LogP contribution in [0.1, 0.15) is 16.1 Å². The highest BCUT2D eigenvalue weighted by molar-refractivity contribution is 6.33. The molecule has 0 aliphatic carbocycles. The van der Waals surface area contributed by atoms with Crippen molar-refractivity contribution in [3.8, 4) is 0 Å². The first kappa shape index (κ1) is 13.5. The fourth-order valence-corrected chi connectivity index (χ4v) is 1.74. The average molecular weight is 278 g/mol. The van der Waals surface area contributed by atoms with Gasteiger partial charge in [-0.05, 0) is 24.1 Å². The molecule has 19 heavy (non-hydrogen) atoms. The van der Waals surface area contributed by atoms with Crippen molar-refractivity contribution in [2.45, 2.75) is 6.42 Å². The number of aromatic nitrogens is 2. The molecule has 1 aromatic carbocycles. The van der Waals surface area contributed by atoms with Crippen molar-refractivity contribution in [2.24, 2.45) is 0 Å². The molecule has 1 heterocycles. The summed E-state index contributed by atoms with van der Waals surface area (Å²) in [6.45, 7) is 0.0995. The standard InChI is InChI=1S/C13H12ClN3O2/c14-11-7-15-8-16-12(11)13(19)17-10-3-1-9(2-4-10)5-6-18/h1-4,7-8,18H,5-6H2,(H,17,19). The third-order valence-corrected chi connectivity index (χ3v) is 2.77. The number of halogens is 1. The average Bonchev–Trinajstić information content (AvgIpc) is 2.42. The maximum atomic E-state index is 11.9. The molecule has 0 unspecified atom stereocenters. The minimum atomic E-state index is -0.387. The fourth-order valence-electron chi connectivity index (χ4n) is 1.55. The highest BCUT2D eigenvalue weighted by Crippen LogP contribution is 2.15. The van der Waals surface area contributed by atoms with Gasteiger partial charge in [0, 0.05) is 18.5 Å². The maximum absolute atomic E-state index is 11.9.